The van der Waals surface area contributed by atoms with Crippen LogP contribution in [0.5, 0.6) is 0 Å². The van der Waals surface area contributed by atoms with Crippen LogP contribution >= 0.6 is 0 Å². The van der Waals surface area contributed by atoms with E-state index in [2.05, 4.69) is 22.2 Å². The third-order valence-electron chi connectivity index (χ3n) is 9.93. The van der Waals surface area contributed by atoms with E-state index in [0.29, 0.717) is 51.3 Å². The van der Waals surface area contributed by atoms with E-state index in [4.69, 9.17) is 14.4 Å². The number of fused-ring (bicyclic) bond motifs is 6. The molecular formula is C38H34F3N7O4S. The van der Waals surface area contributed by atoms with Gasteiger partial charge in [-0.15, -0.1) is 0 Å². The van der Waals surface area contributed by atoms with Crippen LogP contribution in [0, 0.1) is 17.5 Å². The molecule has 11 nitrogen and oxygen atoms in total. The van der Waals surface area contributed by atoms with Crippen LogP contribution in [0.15, 0.2) is 71.1 Å². The number of piperazine rings is 1. The molecule has 0 radical (unpaired) electrons. The van der Waals surface area contributed by atoms with Crippen LogP contribution in [-0.2, 0) is 16.6 Å². The van der Waals surface area contributed by atoms with Crippen molar-refractivity contribution in [3.63, 3.8) is 0 Å². The van der Waals surface area contributed by atoms with Gasteiger partial charge in [-0.05, 0) is 55.6 Å². The standard InChI is InChI=1S/C38H34F3N7O4S/c1-42-38(49)35-25-17-24(31(46(3)53(4,50)51)19-33(25)52-37(35)22-9-8-21(39)16-27(22)41)28-10-11-29-36(44-28)32-18-23-26(40)6-5-7-30(23)48(32)34(43-29)20-47-14-12-45(2)13-15-47/h5-11,16-19H,12-15,20H2,1-4H3,(H,42,49). The molecule has 7 aromatic rings. The average Bonchev–Trinajstić information content (AvgIpc) is 3.71. The number of nitrogens with one attached hydrogen (secondary N) is 1. The summed E-state index contributed by atoms with van der Waals surface area (Å²) in [6.07, 6.45) is 1.04. The maximum atomic E-state index is 15.3. The first-order valence-electron chi connectivity index (χ1n) is 16.8. The monoisotopic (exact) mass is 741 g/mol. The van der Waals surface area contributed by atoms with Crippen LogP contribution < -0.4 is 9.62 Å². The molecule has 5 heterocycles. The molecule has 1 aliphatic rings. The molecule has 53 heavy (non-hydrogen) atoms. The van der Waals surface area contributed by atoms with Crippen molar-refractivity contribution >= 4 is 60.0 Å². The van der Waals surface area contributed by atoms with E-state index in [1.807, 2.05) is 10.5 Å². The minimum atomic E-state index is -3.85. The number of aromatic nitrogens is 3. The highest BCUT2D eigenvalue weighted by molar-refractivity contribution is 7.92. The molecule has 0 aliphatic carbocycles. The Kier molecular flexibility index (Phi) is 8.39. The van der Waals surface area contributed by atoms with Crippen LogP contribution in [0.4, 0.5) is 18.9 Å². The molecular weight excluding hydrogens is 708 g/mol. The van der Waals surface area contributed by atoms with E-state index in [9.17, 15) is 17.6 Å². The van der Waals surface area contributed by atoms with Crippen molar-refractivity contribution in [3.05, 3.63) is 95.6 Å². The zero-order valence-corrected chi connectivity index (χ0v) is 30.1. The van der Waals surface area contributed by atoms with E-state index in [-0.39, 0.29) is 33.5 Å². The molecule has 0 saturated carbocycles. The number of carbonyl (C=O) groups excluding carboxylic acids is 1. The van der Waals surface area contributed by atoms with Crippen LogP contribution in [-0.4, -0.2) is 92.1 Å². The Bertz CT molecular complexity index is 2740. The first-order chi connectivity index (χ1) is 25.3. The summed E-state index contributed by atoms with van der Waals surface area (Å²) in [5, 5.41) is 3.20. The lowest BCUT2D eigenvalue weighted by Crippen LogP contribution is -2.44. The zero-order chi connectivity index (χ0) is 37.3. The molecule has 0 spiro atoms. The second-order valence-corrected chi connectivity index (χ2v) is 15.3. The number of carbonyl (C=O) groups is 1. The number of furan rings is 1. The van der Waals surface area contributed by atoms with Gasteiger partial charge in [0.05, 0.1) is 51.9 Å². The number of hydrogen-bond donors (Lipinski definition) is 1. The highest BCUT2D eigenvalue weighted by Gasteiger charge is 2.28. The van der Waals surface area contributed by atoms with Crippen molar-refractivity contribution in [3.8, 4) is 22.6 Å². The van der Waals surface area contributed by atoms with Gasteiger partial charge in [-0.2, -0.15) is 0 Å². The summed E-state index contributed by atoms with van der Waals surface area (Å²) in [4.78, 5) is 28.0. The third kappa shape index (κ3) is 5.94. The number of likely N-dealkylation sites (N-methyl/N-ethyl adjacent to an activating group) is 1. The highest BCUT2D eigenvalue weighted by atomic mass is 32.2. The minimum absolute atomic E-state index is 0.0328. The number of halogens is 3. The fourth-order valence-electron chi connectivity index (χ4n) is 7.02. The number of anilines is 1. The van der Waals surface area contributed by atoms with E-state index >= 15 is 8.78 Å². The molecule has 1 fully saturated rings. The fraction of sp³-hybridized carbons (Fsp3) is 0.237. The molecule has 1 N–H and O–H groups in total. The second kappa shape index (κ2) is 12.9. The van der Waals surface area contributed by atoms with Gasteiger partial charge in [0.2, 0.25) is 10.0 Å². The smallest absolute Gasteiger partial charge is 0.255 e. The molecule has 272 valence electrons. The second-order valence-electron chi connectivity index (χ2n) is 13.3. The van der Waals surface area contributed by atoms with Gasteiger partial charge in [-0.1, -0.05) is 6.07 Å². The number of benzene rings is 3. The van der Waals surface area contributed by atoms with Gasteiger partial charge in [0.25, 0.3) is 5.91 Å². The molecule has 1 saturated heterocycles. The van der Waals surface area contributed by atoms with Crippen molar-refractivity contribution in [1.82, 2.24) is 29.5 Å². The Morgan fingerprint density at radius 1 is 0.906 bits per heavy atom. The van der Waals surface area contributed by atoms with Crippen molar-refractivity contribution in [2.45, 2.75) is 6.54 Å². The van der Waals surface area contributed by atoms with Gasteiger partial charge in [0, 0.05) is 68.7 Å². The lowest BCUT2D eigenvalue weighted by molar-refractivity contribution is 0.0964. The molecule has 8 rings (SSSR count). The summed E-state index contributed by atoms with van der Waals surface area (Å²) in [6, 6.07) is 16.0. The normalized spacial score (nSPS) is 14.5. The molecule has 0 unspecified atom stereocenters. The Labute approximate surface area is 302 Å². The SMILES string of the molecule is CNC(=O)c1c(-c2ccc(F)cc2F)oc2cc(N(C)S(C)(=O)=O)c(-c3ccc4nc(CN5CCN(C)CC5)n5c6cccc(F)c6cc5c4n3)cc12. The van der Waals surface area contributed by atoms with Crippen LogP contribution in [0.25, 0.3) is 61.0 Å². The van der Waals surface area contributed by atoms with Gasteiger partial charge in [0.15, 0.2) is 5.76 Å². The van der Waals surface area contributed by atoms with Crippen molar-refractivity contribution in [2.24, 2.45) is 0 Å². The number of nitrogens with zero attached hydrogens (tertiary/aromatic N) is 6. The fourth-order valence-corrected chi connectivity index (χ4v) is 7.53. The summed E-state index contributed by atoms with van der Waals surface area (Å²) in [5.41, 5.74) is 2.95. The van der Waals surface area contributed by atoms with Crippen LogP contribution in [0.3, 0.4) is 0 Å². The topological polar surface area (TPSA) is 116 Å². The lowest BCUT2D eigenvalue weighted by atomic mass is 10.0. The van der Waals surface area contributed by atoms with E-state index in [1.165, 1.54) is 32.3 Å². The molecule has 15 heteroatoms. The highest BCUT2D eigenvalue weighted by Crippen LogP contribution is 2.42. The third-order valence-corrected chi connectivity index (χ3v) is 11.1. The summed E-state index contributed by atoms with van der Waals surface area (Å²) in [7, 11) is 1.02. The number of hydrogen-bond acceptors (Lipinski definition) is 8. The number of amides is 1. The Morgan fingerprint density at radius 3 is 2.40 bits per heavy atom. The number of pyridine rings is 1. The van der Waals surface area contributed by atoms with Gasteiger partial charge < -0.3 is 14.6 Å². The summed E-state index contributed by atoms with van der Waals surface area (Å²) in [6.45, 7) is 4.06. The first kappa shape index (κ1) is 34.6. The maximum absolute atomic E-state index is 15.3. The molecule has 0 bridgehead atoms. The van der Waals surface area contributed by atoms with E-state index < -0.39 is 33.4 Å². The summed E-state index contributed by atoms with van der Waals surface area (Å²) in [5.74, 6) is -2.18. The lowest BCUT2D eigenvalue weighted by Gasteiger charge is -2.32. The van der Waals surface area contributed by atoms with Crippen LogP contribution in [0.2, 0.25) is 0 Å². The molecule has 4 aromatic heterocycles. The van der Waals surface area contributed by atoms with Crippen molar-refractivity contribution < 1.29 is 30.8 Å². The van der Waals surface area contributed by atoms with E-state index in [0.717, 1.165) is 48.6 Å². The predicted molar refractivity (Wildman–Crippen MR) is 198 cm³/mol. The van der Waals surface area contributed by atoms with Gasteiger partial charge >= 0.3 is 0 Å². The molecule has 1 aliphatic heterocycles. The zero-order valence-electron chi connectivity index (χ0n) is 29.2. The maximum Gasteiger partial charge on any atom is 0.255 e. The van der Waals surface area contributed by atoms with Gasteiger partial charge in [0.1, 0.15) is 34.4 Å². The number of rotatable bonds is 7. The minimum Gasteiger partial charge on any atom is -0.455 e. The van der Waals surface area contributed by atoms with Gasteiger partial charge in [-0.25, -0.2) is 31.6 Å². The first-order valence-corrected chi connectivity index (χ1v) is 18.7. The summed E-state index contributed by atoms with van der Waals surface area (Å²) >= 11 is 0. The van der Waals surface area contributed by atoms with Crippen molar-refractivity contribution in [1.29, 1.82) is 0 Å². The molecule has 0 atom stereocenters. The Hall–Kier alpha value is -5.51. The Morgan fingerprint density at radius 2 is 1.68 bits per heavy atom. The van der Waals surface area contributed by atoms with Gasteiger partial charge in [-0.3, -0.25) is 18.4 Å². The molecule has 3 aromatic carbocycles. The van der Waals surface area contributed by atoms with Crippen molar-refractivity contribution in [2.75, 3.05) is 57.9 Å². The van der Waals surface area contributed by atoms with E-state index in [1.54, 1.807) is 30.3 Å². The molecule has 1 amide bonds. The Balaban J connectivity index is 1.39. The average molecular weight is 742 g/mol. The summed E-state index contributed by atoms with van der Waals surface area (Å²) < 4.78 is 79.3. The predicted octanol–water partition coefficient (Wildman–Crippen LogP) is 6.04. The quantitative estimate of drug-likeness (QED) is 0.211. The largest absolute Gasteiger partial charge is 0.455 e. The number of sulfonamides is 1. The van der Waals surface area contributed by atoms with Crippen LogP contribution in [0.1, 0.15) is 16.2 Å².